The van der Waals surface area contributed by atoms with E-state index < -0.39 is 5.91 Å². The molecule has 21 heavy (non-hydrogen) atoms. The van der Waals surface area contributed by atoms with Crippen LogP contribution in [0.3, 0.4) is 0 Å². The quantitative estimate of drug-likeness (QED) is 0.643. The highest BCUT2D eigenvalue weighted by atomic mass is 35.5. The maximum atomic E-state index is 11.3. The van der Waals surface area contributed by atoms with Gasteiger partial charge in [-0.25, -0.2) is 0 Å². The summed E-state index contributed by atoms with van der Waals surface area (Å²) < 4.78 is 8.37. The van der Waals surface area contributed by atoms with Gasteiger partial charge in [0.25, 0.3) is 0 Å². The molecule has 1 heterocycles. The third kappa shape index (κ3) is 2.48. The van der Waals surface area contributed by atoms with Crippen molar-refractivity contribution in [3.63, 3.8) is 0 Å². The second kappa shape index (κ2) is 5.19. The lowest BCUT2D eigenvalue weighted by Gasteiger charge is -2.12. The SMILES string of the molecule is NC(=O)c1ccc(N)c(Nc2c(Cl)ccc3nsnc23)c1. The minimum Gasteiger partial charge on any atom is -0.397 e. The summed E-state index contributed by atoms with van der Waals surface area (Å²) in [5, 5.41) is 3.59. The van der Waals surface area contributed by atoms with Crippen LogP contribution in [0.4, 0.5) is 17.1 Å². The molecule has 0 unspecified atom stereocenters. The van der Waals surface area contributed by atoms with Gasteiger partial charge in [-0.1, -0.05) is 11.6 Å². The molecule has 0 aliphatic carbocycles. The average Bonchev–Trinajstić information content (AvgIpc) is 2.92. The molecule has 2 aromatic carbocycles. The summed E-state index contributed by atoms with van der Waals surface area (Å²) in [5.74, 6) is -0.530. The summed E-state index contributed by atoms with van der Waals surface area (Å²) in [5.41, 5.74) is 14.5. The first-order valence-corrected chi connectivity index (χ1v) is 7.04. The molecule has 1 amide bonds. The van der Waals surface area contributed by atoms with Crippen LogP contribution in [0.2, 0.25) is 5.02 Å². The van der Waals surface area contributed by atoms with Gasteiger partial charge in [0.15, 0.2) is 0 Å². The number of hydrogen-bond donors (Lipinski definition) is 3. The van der Waals surface area contributed by atoms with E-state index in [0.717, 1.165) is 17.2 Å². The highest BCUT2D eigenvalue weighted by Gasteiger charge is 2.12. The van der Waals surface area contributed by atoms with Crippen LogP contribution < -0.4 is 16.8 Å². The van der Waals surface area contributed by atoms with Gasteiger partial charge in [-0.15, -0.1) is 0 Å². The molecule has 8 heteroatoms. The summed E-state index contributed by atoms with van der Waals surface area (Å²) in [7, 11) is 0. The van der Waals surface area contributed by atoms with E-state index in [1.165, 1.54) is 0 Å². The van der Waals surface area contributed by atoms with Gasteiger partial charge in [-0.3, -0.25) is 4.79 Å². The Morgan fingerprint density at radius 3 is 2.81 bits per heavy atom. The minimum absolute atomic E-state index is 0.353. The molecule has 0 bridgehead atoms. The fraction of sp³-hybridized carbons (Fsp3) is 0. The van der Waals surface area contributed by atoms with Crippen molar-refractivity contribution in [3.05, 3.63) is 40.9 Å². The number of benzene rings is 2. The molecular formula is C13H10ClN5OS. The largest absolute Gasteiger partial charge is 0.397 e. The van der Waals surface area contributed by atoms with E-state index in [1.807, 2.05) is 0 Å². The highest BCUT2D eigenvalue weighted by Crippen LogP contribution is 2.34. The lowest BCUT2D eigenvalue weighted by molar-refractivity contribution is 0.100. The van der Waals surface area contributed by atoms with E-state index >= 15 is 0 Å². The number of amides is 1. The van der Waals surface area contributed by atoms with Crippen LogP contribution in [-0.4, -0.2) is 14.7 Å². The molecule has 0 fully saturated rings. The van der Waals surface area contributed by atoms with Crippen LogP contribution in [0.5, 0.6) is 0 Å². The molecule has 3 rings (SSSR count). The Balaban J connectivity index is 2.10. The average molecular weight is 320 g/mol. The molecule has 0 aliphatic heterocycles. The second-order valence-electron chi connectivity index (χ2n) is 4.35. The molecule has 6 nitrogen and oxygen atoms in total. The van der Waals surface area contributed by atoms with Crippen LogP contribution in [0, 0.1) is 0 Å². The van der Waals surface area contributed by atoms with Crippen LogP contribution in [0.15, 0.2) is 30.3 Å². The zero-order valence-electron chi connectivity index (χ0n) is 10.6. The van der Waals surface area contributed by atoms with Crippen LogP contribution in [-0.2, 0) is 0 Å². The number of nitrogens with two attached hydrogens (primary N) is 2. The number of rotatable bonds is 3. The van der Waals surface area contributed by atoms with Gasteiger partial charge < -0.3 is 16.8 Å². The highest BCUT2D eigenvalue weighted by molar-refractivity contribution is 7.00. The maximum Gasteiger partial charge on any atom is 0.248 e. The number of anilines is 3. The lowest BCUT2D eigenvalue weighted by Crippen LogP contribution is -2.11. The number of halogens is 1. The molecule has 0 saturated heterocycles. The number of nitrogen functional groups attached to an aromatic ring is 1. The Morgan fingerprint density at radius 2 is 2.05 bits per heavy atom. The maximum absolute atomic E-state index is 11.3. The van der Waals surface area contributed by atoms with E-state index in [-0.39, 0.29) is 0 Å². The fourth-order valence-corrected chi connectivity index (χ4v) is 2.64. The first kappa shape index (κ1) is 13.6. The zero-order valence-corrected chi connectivity index (χ0v) is 12.2. The van der Waals surface area contributed by atoms with Gasteiger partial charge in [-0.2, -0.15) is 8.75 Å². The van der Waals surface area contributed by atoms with Gasteiger partial charge in [0, 0.05) is 5.56 Å². The van der Waals surface area contributed by atoms with Crippen molar-refractivity contribution in [1.29, 1.82) is 0 Å². The summed E-state index contributed by atoms with van der Waals surface area (Å²) in [6, 6.07) is 8.26. The van der Waals surface area contributed by atoms with Crippen molar-refractivity contribution in [2.75, 3.05) is 11.1 Å². The molecule has 3 aromatic rings. The Labute approximate surface area is 129 Å². The number of primary amides is 1. The van der Waals surface area contributed by atoms with Crippen molar-refractivity contribution < 1.29 is 4.79 Å². The minimum atomic E-state index is -0.530. The monoisotopic (exact) mass is 319 g/mol. The van der Waals surface area contributed by atoms with Crippen molar-refractivity contribution in [2.45, 2.75) is 0 Å². The molecule has 0 spiro atoms. The molecule has 5 N–H and O–H groups in total. The molecule has 106 valence electrons. The van der Waals surface area contributed by atoms with E-state index in [4.69, 9.17) is 23.1 Å². The Kier molecular flexibility index (Phi) is 3.36. The topological polar surface area (TPSA) is 107 Å². The second-order valence-corrected chi connectivity index (χ2v) is 5.28. The van der Waals surface area contributed by atoms with Crippen LogP contribution in [0.25, 0.3) is 11.0 Å². The zero-order chi connectivity index (χ0) is 15.0. The molecular weight excluding hydrogens is 310 g/mol. The Bertz CT molecular complexity index is 848. The smallest absolute Gasteiger partial charge is 0.248 e. The first-order valence-electron chi connectivity index (χ1n) is 5.93. The summed E-state index contributed by atoms with van der Waals surface area (Å²) in [6.45, 7) is 0. The fourth-order valence-electron chi connectivity index (χ4n) is 1.90. The summed E-state index contributed by atoms with van der Waals surface area (Å²) in [6.07, 6.45) is 0. The lowest BCUT2D eigenvalue weighted by atomic mass is 10.1. The molecule has 1 aromatic heterocycles. The number of nitrogens with one attached hydrogen (secondary N) is 1. The van der Waals surface area contributed by atoms with Gasteiger partial charge in [0.1, 0.15) is 11.0 Å². The van der Waals surface area contributed by atoms with Gasteiger partial charge in [-0.05, 0) is 30.3 Å². The molecule has 0 radical (unpaired) electrons. The predicted octanol–water partition coefficient (Wildman–Crippen LogP) is 2.77. The summed E-state index contributed by atoms with van der Waals surface area (Å²) in [4.78, 5) is 11.3. The van der Waals surface area contributed by atoms with Gasteiger partial charge in [0.05, 0.1) is 33.8 Å². The number of carbonyl (C=O) groups is 1. The number of nitrogens with zero attached hydrogens (tertiary/aromatic N) is 2. The van der Waals surface area contributed by atoms with E-state index in [2.05, 4.69) is 14.1 Å². The van der Waals surface area contributed by atoms with Crippen LogP contribution >= 0.6 is 23.3 Å². The Hall–Kier alpha value is -2.38. The number of fused-ring (bicyclic) bond motifs is 1. The van der Waals surface area contributed by atoms with E-state index in [1.54, 1.807) is 30.3 Å². The van der Waals surface area contributed by atoms with E-state index in [9.17, 15) is 4.79 Å². The van der Waals surface area contributed by atoms with Crippen LogP contribution in [0.1, 0.15) is 10.4 Å². The molecule has 0 aliphatic rings. The number of hydrogen-bond acceptors (Lipinski definition) is 6. The van der Waals surface area contributed by atoms with Crippen molar-refractivity contribution in [1.82, 2.24) is 8.75 Å². The molecule has 0 saturated carbocycles. The van der Waals surface area contributed by atoms with Crippen molar-refractivity contribution >= 4 is 57.3 Å². The Morgan fingerprint density at radius 1 is 1.24 bits per heavy atom. The summed E-state index contributed by atoms with van der Waals surface area (Å²) >= 11 is 7.30. The number of aromatic nitrogens is 2. The van der Waals surface area contributed by atoms with Gasteiger partial charge >= 0.3 is 0 Å². The van der Waals surface area contributed by atoms with Crippen molar-refractivity contribution in [3.8, 4) is 0 Å². The third-order valence-corrected chi connectivity index (χ3v) is 3.83. The number of carbonyl (C=O) groups excluding carboxylic acids is 1. The predicted molar refractivity (Wildman–Crippen MR) is 85.1 cm³/mol. The third-order valence-electron chi connectivity index (χ3n) is 2.97. The first-order chi connectivity index (χ1) is 10.1. The molecule has 0 atom stereocenters. The van der Waals surface area contributed by atoms with Gasteiger partial charge in [0.2, 0.25) is 5.91 Å². The van der Waals surface area contributed by atoms with E-state index in [0.29, 0.717) is 33.2 Å². The standard InChI is InChI=1S/C13H10ClN5OS/c14-7-2-4-9-12(19-21-18-9)11(7)17-10-5-6(13(16)20)1-3-8(10)15/h1-5,17H,15H2,(H2,16,20). The normalized spacial score (nSPS) is 10.7. The van der Waals surface area contributed by atoms with Crippen molar-refractivity contribution in [2.24, 2.45) is 5.73 Å².